The zero-order valence-corrected chi connectivity index (χ0v) is 18.2. The fraction of sp³-hybridized carbons (Fsp3) is 0.850. The SMILES string of the molecule is C=CC(=O)OCO[Si](CCCCCCCCCCCCCC)(OC)OC. The van der Waals surface area contributed by atoms with Crippen LogP contribution in [0.2, 0.25) is 6.04 Å². The summed E-state index contributed by atoms with van der Waals surface area (Å²) in [5.74, 6) is -0.509. The smallest absolute Gasteiger partial charge is 0.436 e. The van der Waals surface area contributed by atoms with Gasteiger partial charge < -0.3 is 18.0 Å². The van der Waals surface area contributed by atoms with Crippen molar-refractivity contribution in [1.82, 2.24) is 0 Å². The summed E-state index contributed by atoms with van der Waals surface area (Å²) in [4.78, 5) is 11.1. The maximum absolute atomic E-state index is 11.1. The van der Waals surface area contributed by atoms with Crippen molar-refractivity contribution in [3.05, 3.63) is 12.7 Å². The molecule has 154 valence electrons. The summed E-state index contributed by atoms with van der Waals surface area (Å²) in [5, 5.41) is 0. The van der Waals surface area contributed by atoms with E-state index in [2.05, 4.69) is 13.5 Å². The van der Waals surface area contributed by atoms with Crippen LogP contribution in [0.5, 0.6) is 0 Å². The predicted molar refractivity (Wildman–Crippen MR) is 108 cm³/mol. The van der Waals surface area contributed by atoms with Gasteiger partial charge in [0.2, 0.25) is 0 Å². The molecule has 0 aliphatic rings. The Morgan fingerprint density at radius 1 is 0.846 bits per heavy atom. The Hall–Kier alpha value is -0.693. The van der Waals surface area contributed by atoms with E-state index in [-0.39, 0.29) is 6.79 Å². The topological polar surface area (TPSA) is 54.0 Å². The van der Waals surface area contributed by atoms with E-state index >= 15 is 0 Å². The van der Waals surface area contributed by atoms with Crippen LogP contribution < -0.4 is 0 Å². The Morgan fingerprint density at radius 2 is 1.31 bits per heavy atom. The Bertz CT molecular complexity index is 345. The summed E-state index contributed by atoms with van der Waals surface area (Å²) in [6.07, 6.45) is 16.7. The number of carbonyl (C=O) groups is 1. The van der Waals surface area contributed by atoms with Gasteiger partial charge in [0.1, 0.15) is 0 Å². The second kappa shape index (κ2) is 17.7. The van der Waals surface area contributed by atoms with E-state index in [9.17, 15) is 4.79 Å². The molecule has 0 N–H and O–H groups in total. The van der Waals surface area contributed by atoms with Gasteiger partial charge >= 0.3 is 14.8 Å². The molecule has 0 heterocycles. The normalized spacial score (nSPS) is 11.5. The molecule has 0 saturated carbocycles. The van der Waals surface area contributed by atoms with E-state index in [1.54, 1.807) is 14.2 Å². The number of unbranched alkanes of at least 4 members (excludes halogenated alkanes) is 11. The number of rotatable bonds is 19. The van der Waals surface area contributed by atoms with Crippen molar-refractivity contribution < 1.29 is 22.8 Å². The molecule has 0 rings (SSSR count). The Labute approximate surface area is 161 Å². The van der Waals surface area contributed by atoms with Crippen LogP contribution in [-0.2, 0) is 22.8 Å². The van der Waals surface area contributed by atoms with Gasteiger partial charge in [-0.25, -0.2) is 4.79 Å². The molecule has 0 saturated heterocycles. The van der Waals surface area contributed by atoms with Crippen LogP contribution >= 0.6 is 0 Å². The molecule has 0 spiro atoms. The summed E-state index contributed by atoms with van der Waals surface area (Å²) in [6.45, 7) is 5.45. The second-order valence-electron chi connectivity index (χ2n) is 6.66. The standard InChI is InChI=1S/C20H40O5Si/c1-5-7-8-9-10-11-12-13-14-15-16-17-18-26(22-3,23-4)25-19-24-20(21)6-2/h6H,2,5,7-19H2,1,3-4H3. The minimum absolute atomic E-state index is 0.156. The highest BCUT2D eigenvalue weighted by Crippen LogP contribution is 2.19. The van der Waals surface area contributed by atoms with Gasteiger partial charge in [0.25, 0.3) is 0 Å². The van der Waals surface area contributed by atoms with Crippen LogP contribution in [0.4, 0.5) is 0 Å². The molecular formula is C20H40O5Si. The summed E-state index contributed by atoms with van der Waals surface area (Å²) in [5.41, 5.74) is 0. The average molecular weight is 389 g/mol. The number of hydrogen-bond acceptors (Lipinski definition) is 5. The van der Waals surface area contributed by atoms with Crippen LogP contribution in [0.15, 0.2) is 12.7 Å². The Morgan fingerprint density at radius 3 is 1.73 bits per heavy atom. The lowest BCUT2D eigenvalue weighted by molar-refractivity contribution is -0.146. The minimum atomic E-state index is -2.73. The van der Waals surface area contributed by atoms with Crippen LogP contribution in [0.3, 0.4) is 0 Å². The largest absolute Gasteiger partial charge is 0.502 e. The zero-order valence-electron chi connectivity index (χ0n) is 17.2. The molecule has 0 atom stereocenters. The summed E-state index contributed by atoms with van der Waals surface area (Å²) in [6, 6.07) is 0.739. The molecule has 6 heteroatoms. The summed E-state index contributed by atoms with van der Waals surface area (Å²) in [7, 11) is 0.446. The van der Waals surface area contributed by atoms with Crippen LogP contribution in [0, 0.1) is 0 Å². The van der Waals surface area contributed by atoms with Crippen molar-refractivity contribution in [2.45, 2.75) is 90.0 Å². The van der Waals surface area contributed by atoms with E-state index < -0.39 is 14.8 Å². The molecule has 0 fully saturated rings. The van der Waals surface area contributed by atoms with Crippen molar-refractivity contribution in [3.8, 4) is 0 Å². The minimum Gasteiger partial charge on any atom is -0.436 e. The van der Waals surface area contributed by atoms with Crippen molar-refractivity contribution >= 4 is 14.8 Å². The highest BCUT2D eigenvalue weighted by atomic mass is 28.4. The third kappa shape index (κ3) is 13.5. The fourth-order valence-corrected chi connectivity index (χ4v) is 4.77. The molecule has 26 heavy (non-hydrogen) atoms. The van der Waals surface area contributed by atoms with Gasteiger partial charge in [-0.3, -0.25) is 0 Å². The maximum atomic E-state index is 11.1. The van der Waals surface area contributed by atoms with Crippen LogP contribution in [0.25, 0.3) is 0 Å². The molecule has 0 bridgehead atoms. The molecule has 0 amide bonds. The van der Waals surface area contributed by atoms with Gasteiger partial charge in [0, 0.05) is 26.3 Å². The lowest BCUT2D eigenvalue weighted by Gasteiger charge is -2.25. The first kappa shape index (κ1) is 25.3. The predicted octanol–water partition coefficient (Wildman–Crippen LogP) is 5.62. The second-order valence-corrected chi connectivity index (χ2v) is 9.63. The van der Waals surface area contributed by atoms with Crippen LogP contribution in [0.1, 0.15) is 84.0 Å². The van der Waals surface area contributed by atoms with Crippen molar-refractivity contribution in [2.75, 3.05) is 21.0 Å². The Balaban J connectivity index is 3.67. The molecule has 0 unspecified atom stereocenters. The van der Waals surface area contributed by atoms with E-state index in [0.717, 1.165) is 25.0 Å². The first-order valence-corrected chi connectivity index (χ1v) is 12.1. The summed E-state index contributed by atoms with van der Waals surface area (Å²) >= 11 is 0. The molecule has 0 aliphatic heterocycles. The van der Waals surface area contributed by atoms with Crippen molar-refractivity contribution in [1.29, 1.82) is 0 Å². The molecular weight excluding hydrogens is 348 g/mol. The van der Waals surface area contributed by atoms with E-state index in [1.165, 1.54) is 64.2 Å². The van der Waals surface area contributed by atoms with E-state index in [0.29, 0.717) is 0 Å². The number of carbonyl (C=O) groups excluding carboxylic acids is 1. The van der Waals surface area contributed by atoms with Gasteiger partial charge in [-0.1, -0.05) is 84.1 Å². The highest BCUT2D eigenvalue weighted by molar-refractivity contribution is 6.60. The van der Waals surface area contributed by atoms with Gasteiger partial charge in [-0.2, -0.15) is 0 Å². The number of ether oxygens (including phenoxy) is 1. The quantitative estimate of drug-likeness (QED) is 0.0944. The first-order chi connectivity index (χ1) is 12.6. The van der Waals surface area contributed by atoms with Crippen LogP contribution in [-0.4, -0.2) is 35.8 Å². The number of hydrogen-bond donors (Lipinski definition) is 0. The van der Waals surface area contributed by atoms with Gasteiger partial charge in [0.05, 0.1) is 0 Å². The fourth-order valence-electron chi connectivity index (χ4n) is 2.90. The monoisotopic (exact) mass is 388 g/mol. The molecule has 0 aromatic carbocycles. The lowest BCUT2D eigenvalue weighted by Crippen LogP contribution is -2.44. The summed E-state index contributed by atoms with van der Waals surface area (Å²) < 4.78 is 21.4. The van der Waals surface area contributed by atoms with E-state index in [1.807, 2.05) is 0 Å². The van der Waals surface area contributed by atoms with Crippen molar-refractivity contribution in [3.63, 3.8) is 0 Å². The highest BCUT2D eigenvalue weighted by Gasteiger charge is 2.38. The molecule has 0 aromatic heterocycles. The third-order valence-corrected chi connectivity index (χ3v) is 7.37. The molecule has 0 aliphatic carbocycles. The Kier molecular flexibility index (Phi) is 17.2. The van der Waals surface area contributed by atoms with Gasteiger partial charge in [-0.05, 0) is 6.42 Å². The maximum Gasteiger partial charge on any atom is 0.502 e. The van der Waals surface area contributed by atoms with Gasteiger partial charge in [0.15, 0.2) is 6.79 Å². The molecule has 0 radical (unpaired) electrons. The van der Waals surface area contributed by atoms with E-state index in [4.69, 9.17) is 18.0 Å². The first-order valence-electron chi connectivity index (χ1n) is 10.2. The third-order valence-electron chi connectivity index (χ3n) is 4.61. The molecule has 0 aromatic rings. The lowest BCUT2D eigenvalue weighted by atomic mass is 10.1. The zero-order chi connectivity index (χ0) is 19.5. The average Bonchev–Trinajstić information content (AvgIpc) is 2.67. The van der Waals surface area contributed by atoms with Gasteiger partial charge in [-0.15, -0.1) is 0 Å². The number of esters is 1. The molecule has 5 nitrogen and oxygen atoms in total. The van der Waals surface area contributed by atoms with Crippen molar-refractivity contribution in [2.24, 2.45) is 0 Å².